The third-order valence-electron chi connectivity index (χ3n) is 5.20. The highest BCUT2D eigenvalue weighted by Gasteiger charge is 2.41. The lowest BCUT2D eigenvalue weighted by atomic mass is 9.96. The molecule has 1 aromatic carbocycles. The SMILES string of the molecule is O=C1NC2=C(C(=O)N(C[C@@H]3CCCO3)C2)[C@@H](c2ccc3c(c2)OCO3)N1. The molecular weight excluding hydrogens is 338 g/mol. The molecule has 8 heteroatoms. The molecule has 2 N–H and O–H groups in total. The summed E-state index contributed by atoms with van der Waals surface area (Å²) in [6, 6.07) is 4.66. The second kappa shape index (κ2) is 5.91. The van der Waals surface area contributed by atoms with Crippen LogP contribution >= 0.6 is 0 Å². The van der Waals surface area contributed by atoms with E-state index in [1.165, 1.54) is 0 Å². The first-order chi connectivity index (χ1) is 12.7. The topological polar surface area (TPSA) is 89.1 Å². The van der Waals surface area contributed by atoms with Gasteiger partial charge in [0.25, 0.3) is 5.91 Å². The third kappa shape index (κ3) is 2.48. The zero-order valence-electron chi connectivity index (χ0n) is 14.1. The number of hydrogen-bond acceptors (Lipinski definition) is 5. The summed E-state index contributed by atoms with van der Waals surface area (Å²) in [4.78, 5) is 26.9. The van der Waals surface area contributed by atoms with Gasteiger partial charge in [-0.3, -0.25) is 4.79 Å². The van der Waals surface area contributed by atoms with Crippen LogP contribution in [0.15, 0.2) is 29.5 Å². The predicted octanol–water partition coefficient (Wildman–Crippen LogP) is 1.04. The number of carbonyl (C=O) groups is 2. The van der Waals surface area contributed by atoms with E-state index in [0.29, 0.717) is 35.9 Å². The molecule has 0 aromatic heterocycles. The van der Waals surface area contributed by atoms with Crippen LogP contribution < -0.4 is 20.1 Å². The summed E-state index contributed by atoms with van der Waals surface area (Å²) >= 11 is 0. The Labute approximate surface area is 150 Å². The fourth-order valence-electron chi connectivity index (χ4n) is 3.95. The number of fused-ring (bicyclic) bond motifs is 1. The van der Waals surface area contributed by atoms with Crippen LogP contribution in [0.25, 0.3) is 0 Å². The highest BCUT2D eigenvalue weighted by molar-refractivity contribution is 6.01. The zero-order valence-corrected chi connectivity index (χ0v) is 14.1. The van der Waals surface area contributed by atoms with Gasteiger partial charge in [0.15, 0.2) is 11.5 Å². The first kappa shape index (κ1) is 15.5. The lowest BCUT2D eigenvalue weighted by molar-refractivity contribution is -0.127. The van der Waals surface area contributed by atoms with E-state index in [0.717, 1.165) is 25.0 Å². The van der Waals surface area contributed by atoms with Crippen molar-refractivity contribution in [2.75, 3.05) is 26.5 Å². The second-order valence-electron chi connectivity index (χ2n) is 6.86. The van der Waals surface area contributed by atoms with Crippen LogP contribution in [0.2, 0.25) is 0 Å². The number of hydrogen-bond donors (Lipinski definition) is 2. The minimum atomic E-state index is -0.504. The first-order valence-corrected chi connectivity index (χ1v) is 8.80. The highest BCUT2D eigenvalue weighted by Crippen LogP contribution is 2.38. The van der Waals surface area contributed by atoms with Crippen molar-refractivity contribution in [3.8, 4) is 11.5 Å². The maximum Gasteiger partial charge on any atom is 0.319 e. The summed E-state index contributed by atoms with van der Waals surface area (Å²) in [5, 5.41) is 5.64. The minimum absolute atomic E-state index is 0.0642. The number of nitrogens with zero attached hydrogens (tertiary/aromatic N) is 1. The molecule has 8 nitrogen and oxygen atoms in total. The molecule has 0 bridgehead atoms. The van der Waals surface area contributed by atoms with Crippen LogP contribution in [0.4, 0.5) is 4.79 Å². The Hall–Kier alpha value is -2.74. The van der Waals surface area contributed by atoms with Gasteiger partial charge >= 0.3 is 6.03 Å². The van der Waals surface area contributed by atoms with Crippen molar-refractivity contribution >= 4 is 11.9 Å². The molecule has 0 saturated carbocycles. The van der Waals surface area contributed by atoms with Crippen LogP contribution in [-0.2, 0) is 9.53 Å². The van der Waals surface area contributed by atoms with Crippen LogP contribution in [-0.4, -0.2) is 49.4 Å². The van der Waals surface area contributed by atoms with Crippen molar-refractivity contribution in [2.45, 2.75) is 25.0 Å². The first-order valence-electron chi connectivity index (χ1n) is 8.80. The van der Waals surface area contributed by atoms with E-state index in [4.69, 9.17) is 14.2 Å². The summed E-state index contributed by atoms with van der Waals surface area (Å²) in [5.41, 5.74) is 2.05. The van der Waals surface area contributed by atoms with Gasteiger partial charge in [0.05, 0.1) is 30.0 Å². The molecule has 136 valence electrons. The van der Waals surface area contributed by atoms with Gasteiger partial charge in [-0.2, -0.15) is 0 Å². The van der Waals surface area contributed by atoms with Crippen molar-refractivity contribution in [3.63, 3.8) is 0 Å². The van der Waals surface area contributed by atoms with Gasteiger partial charge in [-0.05, 0) is 30.5 Å². The molecule has 1 fully saturated rings. The van der Waals surface area contributed by atoms with E-state index >= 15 is 0 Å². The van der Waals surface area contributed by atoms with Crippen molar-refractivity contribution in [2.24, 2.45) is 0 Å². The standard InChI is InChI=1S/C18H19N3O5/c22-17-15-12(8-21(17)7-11-2-1-5-24-11)19-18(23)20-16(15)10-3-4-13-14(6-10)26-9-25-13/h3-4,6,11,16H,1-2,5,7-9H2,(H2,19,20,23)/t11-,16+/m0/s1. The van der Waals surface area contributed by atoms with Gasteiger partial charge in [0, 0.05) is 13.2 Å². The maximum atomic E-state index is 13.0. The van der Waals surface area contributed by atoms with E-state index in [1.807, 2.05) is 12.1 Å². The number of amides is 3. The fraction of sp³-hybridized carbons (Fsp3) is 0.444. The Morgan fingerprint density at radius 3 is 2.92 bits per heavy atom. The number of benzene rings is 1. The zero-order chi connectivity index (χ0) is 17.7. The Kier molecular flexibility index (Phi) is 3.53. The van der Waals surface area contributed by atoms with Crippen molar-refractivity contribution in [1.29, 1.82) is 0 Å². The Balaban J connectivity index is 1.43. The van der Waals surface area contributed by atoms with Crippen LogP contribution in [0.3, 0.4) is 0 Å². The number of ether oxygens (including phenoxy) is 3. The molecule has 26 heavy (non-hydrogen) atoms. The molecule has 4 aliphatic heterocycles. The van der Waals surface area contributed by atoms with Gasteiger partial charge in [-0.25, -0.2) is 4.79 Å². The quantitative estimate of drug-likeness (QED) is 0.844. The summed E-state index contributed by atoms with van der Waals surface area (Å²) in [6.45, 7) is 1.88. The highest BCUT2D eigenvalue weighted by atomic mass is 16.7. The van der Waals surface area contributed by atoms with E-state index in [9.17, 15) is 9.59 Å². The molecule has 1 saturated heterocycles. The summed E-state index contributed by atoms with van der Waals surface area (Å²) in [7, 11) is 0. The van der Waals surface area contributed by atoms with Gasteiger partial charge in [0.2, 0.25) is 6.79 Å². The lowest BCUT2D eigenvalue weighted by Gasteiger charge is -2.25. The fourth-order valence-corrected chi connectivity index (χ4v) is 3.95. The molecule has 0 unspecified atom stereocenters. The number of rotatable bonds is 3. The Morgan fingerprint density at radius 1 is 1.19 bits per heavy atom. The minimum Gasteiger partial charge on any atom is -0.454 e. The third-order valence-corrected chi connectivity index (χ3v) is 5.20. The van der Waals surface area contributed by atoms with E-state index < -0.39 is 6.04 Å². The van der Waals surface area contributed by atoms with Crippen molar-refractivity contribution < 1.29 is 23.8 Å². The lowest BCUT2D eigenvalue weighted by Crippen LogP contribution is -2.44. The predicted molar refractivity (Wildman–Crippen MR) is 89.6 cm³/mol. The van der Waals surface area contributed by atoms with Crippen LogP contribution in [0.5, 0.6) is 11.5 Å². The molecule has 4 aliphatic rings. The molecule has 1 aromatic rings. The van der Waals surface area contributed by atoms with Crippen LogP contribution in [0, 0.1) is 0 Å². The smallest absolute Gasteiger partial charge is 0.319 e. The second-order valence-corrected chi connectivity index (χ2v) is 6.86. The number of urea groups is 1. The van der Waals surface area contributed by atoms with Gasteiger partial charge in [0.1, 0.15) is 0 Å². The van der Waals surface area contributed by atoms with E-state index in [2.05, 4.69) is 10.6 Å². The maximum absolute atomic E-state index is 13.0. The van der Waals surface area contributed by atoms with E-state index in [-0.39, 0.29) is 24.8 Å². The molecule has 5 rings (SSSR count). The molecule has 0 radical (unpaired) electrons. The normalized spacial score (nSPS) is 26.8. The Morgan fingerprint density at radius 2 is 2.08 bits per heavy atom. The van der Waals surface area contributed by atoms with Crippen LogP contribution in [0.1, 0.15) is 24.4 Å². The Bertz CT molecular complexity index is 815. The van der Waals surface area contributed by atoms with Crippen molar-refractivity contribution in [3.05, 3.63) is 35.0 Å². The molecule has 2 atom stereocenters. The van der Waals surface area contributed by atoms with Gasteiger partial charge < -0.3 is 29.7 Å². The monoisotopic (exact) mass is 357 g/mol. The van der Waals surface area contributed by atoms with E-state index in [1.54, 1.807) is 11.0 Å². The van der Waals surface area contributed by atoms with Gasteiger partial charge in [-0.15, -0.1) is 0 Å². The summed E-state index contributed by atoms with van der Waals surface area (Å²) in [5.74, 6) is 1.23. The van der Waals surface area contributed by atoms with Gasteiger partial charge in [-0.1, -0.05) is 6.07 Å². The average molecular weight is 357 g/mol. The van der Waals surface area contributed by atoms with Crippen molar-refractivity contribution in [1.82, 2.24) is 15.5 Å². The number of carbonyl (C=O) groups excluding carboxylic acids is 2. The summed E-state index contributed by atoms with van der Waals surface area (Å²) in [6.07, 6.45) is 2.07. The average Bonchev–Trinajstić information content (AvgIpc) is 3.35. The number of nitrogens with one attached hydrogen (secondary N) is 2. The molecule has 0 spiro atoms. The summed E-state index contributed by atoms with van der Waals surface area (Å²) < 4.78 is 16.4. The molecule has 4 heterocycles. The molecule has 0 aliphatic carbocycles. The molecular formula is C18H19N3O5. The molecule has 3 amide bonds. The largest absolute Gasteiger partial charge is 0.454 e.